The summed E-state index contributed by atoms with van der Waals surface area (Å²) in [7, 11) is 1.78. The number of aryl methyl sites for hydroxylation is 1. The Morgan fingerprint density at radius 1 is 1.55 bits per heavy atom. The molecule has 56 valence electrons. The van der Waals surface area contributed by atoms with Gasteiger partial charge < -0.3 is 5.32 Å². The van der Waals surface area contributed by atoms with Gasteiger partial charge in [-0.15, -0.1) is 0 Å². The Hall–Kier alpha value is -1.56. The SMILES string of the molecule is CNc1cc(C#N)cc(C)n1. The maximum absolute atomic E-state index is 8.58. The molecule has 1 heterocycles. The molecule has 0 aliphatic heterocycles. The second kappa shape index (κ2) is 3.02. The molecule has 1 aromatic heterocycles. The molecule has 0 atom stereocenters. The number of nitrogens with zero attached hydrogens (tertiary/aromatic N) is 2. The number of aromatic nitrogens is 1. The lowest BCUT2D eigenvalue weighted by Gasteiger charge is -1.99. The Labute approximate surface area is 65.7 Å². The molecular formula is C8H9N3. The Bertz CT molecular complexity index is 299. The van der Waals surface area contributed by atoms with Gasteiger partial charge in [-0.05, 0) is 19.1 Å². The van der Waals surface area contributed by atoms with E-state index in [1.807, 2.05) is 6.92 Å². The van der Waals surface area contributed by atoms with Crippen LogP contribution in [0.5, 0.6) is 0 Å². The van der Waals surface area contributed by atoms with Crippen molar-refractivity contribution in [2.24, 2.45) is 0 Å². The number of pyridine rings is 1. The lowest BCUT2D eigenvalue weighted by Crippen LogP contribution is -1.94. The van der Waals surface area contributed by atoms with Crippen molar-refractivity contribution in [2.75, 3.05) is 12.4 Å². The van der Waals surface area contributed by atoms with Gasteiger partial charge in [0.15, 0.2) is 0 Å². The molecule has 1 aromatic rings. The number of hydrogen-bond acceptors (Lipinski definition) is 3. The summed E-state index contributed by atoms with van der Waals surface area (Å²) in [5.41, 5.74) is 1.50. The minimum absolute atomic E-state index is 0.641. The summed E-state index contributed by atoms with van der Waals surface area (Å²) in [6.45, 7) is 1.86. The van der Waals surface area contributed by atoms with Crippen molar-refractivity contribution in [3.63, 3.8) is 0 Å². The van der Waals surface area contributed by atoms with Gasteiger partial charge in [-0.1, -0.05) is 0 Å². The molecule has 11 heavy (non-hydrogen) atoms. The van der Waals surface area contributed by atoms with Crippen LogP contribution in [0.3, 0.4) is 0 Å². The zero-order valence-corrected chi connectivity index (χ0v) is 6.55. The highest BCUT2D eigenvalue weighted by Crippen LogP contribution is 2.07. The molecule has 0 unspecified atom stereocenters. The van der Waals surface area contributed by atoms with Crippen molar-refractivity contribution in [2.45, 2.75) is 6.92 Å². The maximum Gasteiger partial charge on any atom is 0.127 e. The smallest absolute Gasteiger partial charge is 0.127 e. The fourth-order valence-corrected chi connectivity index (χ4v) is 0.861. The van der Waals surface area contributed by atoms with E-state index in [0.717, 1.165) is 11.5 Å². The molecule has 1 rings (SSSR count). The normalized spacial score (nSPS) is 8.82. The predicted molar refractivity (Wildman–Crippen MR) is 43.2 cm³/mol. The molecule has 0 aromatic carbocycles. The molecule has 0 saturated heterocycles. The van der Waals surface area contributed by atoms with Gasteiger partial charge in [0.1, 0.15) is 5.82 Å². The third kappa shape index (κ3) is 1.68. The second-order valence-corrected chi connectivity index (χ2v) is 2.24. The number of nitrogens with one attached hydrogen (secondary N) is 1. The Kier molecular flexibility index (Phi) is 2.07. The minimum Gasteiger partial charge on any atom is -0.373 e. The van der Waals surface area contributed by atoms with Crippen molar-refractivity contribution in [3.8, 4) is 6.07 Å². The van der Waals surface area contributed by atoms with Crippen molar-refractivity contribution in [1.29, 1.82) is 5.26 Å². The highest BCUT2D eigenvalue weighted by Gasteiger charge is 1.95. The van der Waals surface area contributed by atoms with Gasteiger partial charge >= 0.3 is 0 Å². The summed E-state index contributed by atoms with van der Waals surface area (Å²) in [6, 6.07) is 5.53. The van der Waals surface area contributed by atoms with Crippen LogP contribution in [0.1, 0.15) is 11.3 Å². The lowest BCUT2D eigenvalue weighted by atomic mass is 10.2. The van der Waals surface area contributed by atoms with Gasteiger partial charge in [0.25, 0.3) is 0 Å². The molecule has 0 spiro atoms. The van der Waals surface area contributed by atoms with Crippen LogP contribution in [0.15, 0.2) is 12.1 Å². The zero-order valence-electron chi connectivity index (χ0n) is 6.55. The lowest BCUT2D eigenvalue weighted by molar-refractivity contribution is 1.18. The largest absolute Gasteiger partial charge is 0.373 e. The number of anilines is 1. The topological polar surface area (TPSA) is 48.7 Å². The van der Waals surface area contributed by atoms with Crippen LogP contribution in [0.2, 0.25) is 0 Å². The quantitative estimate of drug-likeness (QED) is 0.651. The molecule has 0 radical (unpaired) electrons. The van der Waals surface area contributed by atoms with Crippen LogP contribution < -0.4 is 5.32 Å². The van der Waals surface area contributed by atoms with Gasteiger partial charge in [0.05, 0.1) is 11.6 Å². The van der Waals surface area contributed by atoms with Crippen molar-refractivity contribution < 1.29 is 0 Å². The van der Waals surface area contributed by atoms with Crippen molar-refractivity contribution in [1.82, 2.24) is 4.98 Å². The Balaban J connectivity index is 3.15. The average molecular weight is 147 g/mol. The van der Waals surface area contributed by atoms with Crippen LogP contribution >= 0.6 is 0 Å². The molecular weight excluding hydrogens is 138 g/mol. The molecule has 0 bridgehead atoms. The van der Waals surface area contributed by atoms with E-state index in [0.29, 0.717) is 5.56 Å². The fourth-order valence-electron chi connectivity index (χ4n) is 0.861. The van der Waals surface area contributed by atoms with Gasteiger partial charge in [-0.2, -0.15) is 5.26 Å². The molecule has 0 aliphatic rings. The first-order valence-corrected chi connectivity index (χ1v) is 3.33. The maximum atomic E-state index is 8.58. The third-order valence-corrected chi connectivity index (χ3v) is 1.34. The average Bonchev–Trinajstić information content (AvgIpc) is 2.03. The number of nitriles is 1. The summed E-state index contributed by atoms with van der Waals surface area (Å²) in [5, 5.41) is 11.5. The van der Waals surface area contributed by atoms with Gasteiger partial charge in [0, 0.05) is 12.7 Å². The van der Waals surface area contributed by atoms with Crippen molar-refractivity contribution >= 4 is 5.82 Å². The van der Waals surface area contributed by atoms with Crippen LogP contribution in [0, 0.1) is 18.3 Å². The van der Waals surface area contributed by atoms with Crippen molar-refractivity contribution in [3.05, 3.63) is 23.4 Å². The molecule has 1 N–H and O–H groups in total. The van der Waals surface area contributed by atoms with Crippen LogP contribution in [0.25, 0.3) is 0 Å². The van der Waals surface area contributed by atoms with E-state index in [1.54, 1.807) is 19.2 Å². The van der Waals surface area contributed by atoms with Gasteiger partial charge in [-0.25, -0.2) is 4.98 Å². The molecule has 0 amide bonds. The summed E-state index contributed by atoms with van der Waals surface area (Å²) in [6.07, 6.45) is 0. The summed E-state index contributed by atoms with van der Waals surface area (Å²) in [4.78, 5) is 4.14. The Morgan fingerprint density at radius 2 is 2.27 bits per heavy atom. The predicted octanol–water partition coefficient (Wildman–Crippen LogP) is 1.30. The standard InChI is InChI=1S/C8H9N3/c1-6-3-7(5-9)4-8(10-2)11-6/h3-4H,1-2H3,(H,10,11). The van der Waals surface area contributed by atoms with E-state index in [2.05, 4.69) is 16.4 Å². The molecule has 0 aliphatic carbocycles. The number of hydrogen-bond donors (Lipinski definition) is 1. The highest BCUT2D eigenvalue weighted by molar-refractivity contribution is 5.43. The third-order valence-electron chi connectivity index (χ3n) is 1.34. The highest BCUT2D eigenvalue weighted by atomic mass is 15.0. The molecule has 3 nitrogen and oxygen atoms in total. The molecule has 3 heteroatoms. The monoisotopic (exact) mass is 147 g/mol. The second-order valence-electron chi connectivity index (χ2n) is 2.24. The van der Waals surface area contributed by atoms with E-state index in [4.69, 9.17) is 5.26 Å². The number of rotatable bonds is 1. The van der Waals surface area contributed by atoms with E-state index in [9.17, 15) is 0 Å². The first-order valence-electron chi connectivity index (χ1n) is 3.33. The summed E-state index contributed by atoms with van der Waals surface area (Å²) in [5.74, 6) is 0.738. The minimum atomic E-state index is 0.641. The first kappa shape index (κ1) is 7.55. The van der Waals surface area contributed by atoms with E-state index in [-0.39, 0.29) is 0 Å². The summed E-state index contributed by atoms with van der Waals surface area (Å²) < 4.78 is 0. The van der Waals surface area contributed by atoms with Crippen LogP contribution in [0.4, 0.5) is 5.82 Å². The molecule has 0 fully saturated rings. The summed E-state index contributed by atoms with van der Waals surface area (Å²) >= 11 is 0. The molecule has 0 saturated carbocycles. The zero-order chi connectivity index (χ0) is 8.27. The van der Waals surface area contributed by atoms with Crippen LogP contribution in [-0.2, 0) is 0 Å². The van der Waals surface area contributed by atoms with Crippen LogP contribution in [-0.4, -0.2) is 12.0 Å². The first-order chi connectivity index (χ1) is 5.26. The van der Waals surface area contributed by atoms with E-state index in [1.165, 1.54) is 0 Å². The van der Waals surface area contributed by atoms with E-state index >= 15 is 0 Å². The Morgan fingerprint density at radius 3 is 2.82 bits per heavy atom. The van der Waals surface area contributed by atoms with Gasteiger partial charge in [0.2, 0.25) is 0 Å². The fraction of sp³-hybridized carbons (Fsp3) is 0.250. The van der Waals surface area contributed by atoms with Gasteiger partial charge in [-0.3, -0.25) is 0 Å². The van der Waals surface area contributed by atoms with E-state index < -0.39 is 0 Å².